The Kier molecular flexibility index (Phi) is 8.76. The van der Waals surface area contributed by atoms with E-state index < -0.39 is 55.3 Å². The Balaban J connectivity index is 2.62. The maximum atomic E-state index is 13.6. The second kappa shape index (κ2) is 11.0. The van der Waals surface area contributed by atoms with E-state index in [1.807, 2.05) is 0 Å². The van der Waals surface area contributed by atoms with Gasteiger partial charge in [-0.2, -0.15) is 0 Å². The van der Waals surface area contributed by atoms with Crippen molar-refractivity contribution in [3.8, 4) is 0 Å². The molecular weight excluding hydrogens is 482 g/mol. The van der Waals surface area contributed by atoms with Crippen LogP contribution in [-0.4, -0.2) is 72.7 Å². The topological polar surface area (TPSA) is 146 Å². The Hall–Kier alpha value is -3.29. The van der Waals surface area contributed by atoms with Crippen molar-refractivity contribution >= 4 is 27.8 Å². The molecule has 1 amide bonds. The molecule has 2 unspecified atom stereocenters. The van der Waals surface area contributed by atoms with E-state index in [-0.39, 0.29) is 13.2 Å². The number of rotatable bonds is 8. The van der Waals surface area contributed by atoms with E-state index in [4.69, 9.17) is 14.3 Å². The summed E-state index contributed by atoms with van der Waals surface area (Å²) in [7, 11) is -3.47. The highest BCUT2D eigenvalue weighted by Crippen LogP contribution is 2.32. The van der Waals surface area contributed by atoms with Crippen molar-refractivity contribution in [2.75, 3.05) is 20.3 Å². The number of hydrogen-bond donors (Lipinski definition) is 0. The lowest BCUT2D eigenvalue weighted by Crippen LogP contribution is -2.57. The van der Waals surface area contributed by atoms with Gasteiger partial charge in [0.1, 0.15) is 5.60 Å². The lowest BCUT2D eigenvalue weighted by Gasteiger charge is -2.40. The van der Waals surface area contributed by atoms with Crippen LogP contribution in [0.15, 0.2) is 53.5 Å². The number of hydrogen-bond acceptors (Lipinski definition) is 9. The van der Waals surface area contributed by atoms with Crippen LogP contribution in [-0.2, 0) is 29.1 Å². The number of carbonyl (C=O) groups is 2. The third-order valence-electron chi connectivity index (χ3n) is 4.87. The summed E-state index contributed by atoms with van der Waals surface area (Å²) >= 11 is 0. The van der Waals surface area contributed by atoms with Gasteiger partial charge < -0.3 is 9.47 Å². The number of nitrogens with zero attached hydrogens (tertiary/aromatic N) is 3. The molecule has 1 aromatic carbocycles. The molecule has 0 spiro atoms. The Bertz CT molecular complexity index is 1130. The predicted octanol–water partition coefficient (Wildman–Crippen LogP) is 2.81. The average Bonchev–Trinajstić information content (AvgIpc) is 2.78. The average molecular weight is 512 g/mol. The van der Waals surface area contributed by atoms with E-state index in [0.29, 0.717) is 10.0 Å². The van der Waals surface area contributed by atoms with E-state index >= 15 is 0 Å². The molecule has 0 fully saturated rings. The standard InChI is InChI=1S/C22H29N3O9S/c1-7-12-33-25(35(30,31)19-11-9-8-10-16(19)24(28)29)18-14-23(21(27)34-22(3,4)5)17(13-15(18)2)20(26)32-6/h7-11,13,17-18H,1,12,14H2,2-6H3. The summed E-state index contributed by atoms with van der Waals surface area (Å²) in [6.07, 6.45) is 1.78. The molecule has 1 aliphatic heterocycles. The molecule has 12 nitrogen and oxygen atoms in total. The van der Waals surface area contributed by atoms with Gasteiger partial charge in [0.15, 0.2) is 10.9 Å². The van der Waals surface area contributed by atoms with Crippen molar-refractivity contribution in [3.05, 3.63) is 58.7 Å². The van der Waals surface area contributed by atoms with Crippen LogP contribution in [0, 0.1) is 10.1 Å². The first kappa shape index (κ1) is 28.0. The second-order valence-electron chi connectivity index (χ2n) is 8.60. The maximum absolute atomic E-state index is 13.6. The molecule has 0 aliphatic carbocycles. The van der Waals surface area contributed by atoms with Crippen LogP contribution in [0.3, 0.4) is 0 Å². The highest BCUT2D eigenvalue weighted by atomic mass is 32.2. The van der Waals surface area contributed by atoms with Gasteiger partial charge in [-0.15, -0.1) is 6.58 Å². The molecule has 2 atom stereocenters. The zero-order valence-electron chi connectivity index (χ0n) is 20.2. The highest BCUT2D eigenvalue weighted by molar-refractivity contribution is 7.89. The quantitative estimate of drug-likeness (QED) is 0.222. The number of amides is 1. The molecule has 2 rings (SSSR count). The van der Waals surface area contributed by atoms with Crippen LogP contribution in [0.25, 0.3) is 0 Å². The molecule has 192 valence electrons. The number of sulfonamides is 1. The number of esters is 1. The number of para-hydroxylation sites is 1. The molecule has 0 N–H and O–H groups in total. The van der Waals surface area contributed by atoms with Crippen LogP contribution in [0.4, 0.5) is 10.5 Å². The molecule has 13 heteroatoms. The smallest absolute Gasteiger partial charge is 0.411 e. The molecule has 1 heterocycles. The van der Waals surface area contributed by atoms with Gasteiger partial charge >= 0.3 is 12.1 Å². The molecule has 0 bridgehead atoms. The van der Waals surface area contributed by atoms with Gasteiger partial charge in [0, 0.05) is 12.6 Å². The van der Waals surface area contributed by atoms with Crippen molar-refractivity contribution in [2.24, 2.45) is 0 Å². The van der Waals surface area contributed by atoms with Crippen molar-refractivity contribution in [1.82, 2.24) is 9.37 Å². The number of hydroxylamine groups is 1. The van der Waals surface area contributed by atoms with Gasteiger partial charge in [-0.25, -0.2) is 18.0 Å². The van der Waals surface area contributed by atoms with Crippen molar-refractivity contribution < 1.29 is 37.2 Å². The summed E-state index contributed by atoms with van der Waals surface area (Å²) in [5.74, 6) is -0.756. The lowest BCUT2D eigenvalue weighted by atomic mass is 10.00. The van der Waals surface area contributed by atoms with Gasteiger partial charge in [-0.1, -0.05) is 34.3 Å². The minimum absolute atomic E-state index is 0.253. The van der Waals surface area contributed by atoms with Crippen LogP contribution >= 0.6 is 0 Å². The fourth-order valence-electron chi connectivity index (χ4n) is 3.33. The minimum Gasteiger partial charge on any atom is -0.467 e. The molecule has 35 heavy (non-hydrogen) atoms. The number of ether oxygens (including phenoxy) is 2. The van der Waals surface area contributed by atoms with Gasteiger partial charge in [0.2, 0.25) is 0 Å². The molecule has 1 aromatic rings. The monoisotopic (exact) mass is 511 g/mol. The highest BCUT2D eigenvalue weighted by Gasteiger charge is 2.45. The number of nitro benzene ring substituents is 1. The molecular formula is C22H29N3O9S. The zero-order chi connectivity index (χ0) is 26.6. The van der Waals surface area contributed by atoms with Gasteiger partial charge in [-0.05, 0) is 33.8 Å². The second-order valence-corrected chi connectivity index (χ2v) is 10.3. The summed E-state index contributed by atoms with van der Waals surface area (Å²) in [6, 6.07) is 2.50. The Morgan fingerprint density at radius 3 is 2.49 bits per heavy atom. The fourth-order valence-corrected chi connectivity index (χ4v) is 4.95. The van der Waals surface area contributed by atoms with Crippen molar-refractivity contribution in [1.29, 1.82) is 0 Å². The van der Waals surface area contributed by atoms with Crippen molar-refractivity contribution in [3.63, 3.8) is 0 Å². The Labute approximate surface area is 203 Å². The van der Waals surface area contributed by atoms with Crippen molar-refractivity contribution in [2.45, 2.75) is 50.3 Å². The van der Waals surface area contributed by atoms with E-state index in [1.165, 1.54) is 24.3 Å². The molecule has 0 saturated heterocycles. The lowest BCUT2D eigenvalue weighted by molar-refractivity contribution is -0.388. The Morgan fingerprint density at radius 1 is 1.31 bits per heavy atom. The first-order valence-corrected chi connectivity index (χ1v) is 12.0. The maximum Gasteiger partial charge on any atom is 0.411 e. The zero-order valence-corrected chi connectivity index (χ0v) is 21.0. The first-order chi connectivity index (χ1) is 16.2. The molecule has 0 aromatic heterocycles. The third-order valence-corrected chi connectivity index (χ3v) is 6.61. The molecule has 0 radical (unpaired) electrons. The number of benzene rings is 1. The number of methoxy groups -OCH3 is 1. The van der Waals surface area contributed by atoms with E-state index in [2.05, 4.69) is 6.58 Å². The third kappa shape index (κ3) is 6.44. The van der Waals surface area contributed by atoms with Crippen LogP contribution in [0.2, 0.25) is 0 Å². The normalized spacial score (nSPS) is 18.6. The number of nitro groups is 1. The van der Waals surface area contributed by atoms with Gasteiger partial charge in [0.25, 0.3) is 15.7 Å². The van der Waals surface area contributed by atoms with E-state index in [9.17, 15) is 28.1 Å². The first-order valence-electron chi connectivity index (χ1n) is 10.5. The molecule has 1 aliphatic rings. The van der Waals surface area contributed by atoms with Gasteiger partial charge in [-0.3, -0.25) is 19.9 Å². The van der Waals surface area contributed by atoms with E-state index in [1.54, 1.807) is 27.7 Å². The fraction of sp³-hybridized carbons (Fsp3) is 0.455. The van der Waals surface area contributed by atoms with Crippen LogP contribution in [0.5, 0.6) is 0 Å². The largest absolute Gasteiger partial charge is 0.467 e. The summed E-state index contributed by atoms with van der Waals surface area (Å²) in [5.41, 5.74) is -1.20. The number of carbonyl (C=O) groups excluding carboxylic acids is 2. The minimum atomic E-state index is -4.62. The summed E-state index contributed by atoms with van der Waals surface area (Å²) in [5, 5.41) is 11.5. The van der Waals surface area contributed by atoms with Crippen LogP contribution < -0.4 is 0 Å². The molecule has 0 saturated carbocycles. The summed E-state index contributed by atoms with van der Waals surface area (Å²) < 4.78 is 38.0. The van der Waals surface area contributed by atoms with Crippen LogP contribution in [0.1, 0.15) is 27.7 Å². The SMILES string of the molecule is C=CCON(C1CN(C(=O)OC(C)(C)C)C(C(=O)OC)C=C1C)S(=O)(=O)c1ccccc1[N+](=O)[O-]. The van der Waals surface area contributed by atoms with Gasteiger partial charge in [0.05, 0.1) is 24.7 Å². The predicted molar refractivity (Wildman–Crippen MR) is 125 cm³/mol. The Morgan fingerprint density at radius 2 is 1.94 bits per heavy atom. The van der Waals surface area contributed by atoms with E-state index in [0.717, 1.165) is 24.1 Å². The summed E-state index contributed by atoms with van der Waals surface area (Å²) in [4.78, 5) is 41.9. The summed E-state index contributed by atoms with van der Waals surface area (Å²) in [6.45, 7) is 9.37.